The van der Waals surface area contributed by atoms with E-state index in [0.29, 0.717) is 11.3 Å². The Kier molecular flexibility index (Phi) is 4.93. The molecule has 2 amide bonds. The zero-order valence-corrected chi connectivity index (χ0v) is 12.1. The summed E-state index contributed by atoms with van der Waals surface area (Å²) in [5, 5.41) is 2.67. The lowest BCUT2D eigenvalue weighted by Crippen LogP contribution is -2.12. The predicted octanol–water partition coefficient (Wildman–Crippen LogP) is 2.45. The highest BCUT2D eigenvalue weighted by Gasteiger charge is 2.03. The van der Waals surface area contributed by atoms with Gasteiger partial charge in [-0.15, -0.1) is 0 Å². The van der Waals surface area contributed by atoms with Crippen molar-refractivity contribution in [2.45, 2.75) is 0 Å². The fourth-order valence-electron chi connectivity index (χ4n) is 1.82. The van der Waals surface area contributed by atoms with E-state index in [1.54, 1.807) is 31.4 Å². The number of rotatable bonds is 5. The third kappa shape index (κ3) is 4.21. The molecule has 0 aliphatic carbocycles. The van der Waals surface area contributed by atoms with Crippen molar-refractivity contribution in [1.82, 2.24) is 0 Å². The summed E-state index contributed by atoms with van der Waals surface area (Å²) < 4.78 is 5.06. The van der Waals surface area contributed by atoms with Crippen LogP contribution in [0.5, 0.6) is 5.75 Å². The molecule has 5 nitrogen and oxygen atoms in total. The van der Waals surface area contributed by atoms with Crippen molar-refractivity contribution >= 4 is 23.6 Å². The summed E-state index contributed by atoms with van der Waals surface area (Å²) in [4.78, 5) is 22.9. The van der Waals surface area contributed by atoms with Crippen LogP contribution >= 0.6 is 0 Å². The Labute approximate surface area is 128 Å². The largest absolute Gasteiger partial charge is 0.497 e. The number of benzene rings is 2. The number of hydrogen-bond donors (Lipinski definition) is 2. The minimum atomic E-state index is -0.537. The van der Waals surface area contributed by atoms with Gasteiger partial charge in [-0.05, 0) is 42.0 Å². The number of methoxy groups -OCH3 is 1. The first kappa shape index (κ1) is 15.3. The van der Waals surface area contributed by atoms with E-state index in [4.69, 9.17) is 10.5 Å². The summed E-state index contributed by atoms with van der Waals surface area (Å²) in [5.74, 6) is -0.0767. The van der Waals surface area contributed by atoms with Gasteiger partial charge >= 0.3 is 0 Å². The van der Waals surface area contributed by atoms with Crippen LogP contribution in [-0.4, -0.2) is 18.9 Å². The van der Waals surface area contributed by atoms with Gasteiger partial charge in [0.25, 0.3) is 0 Å². The van der Waals surface area contributed by atoms with Crippen LogP contribution in [0, 0.1) is 0 Å². The Hall–Kier alpha value is -3.08. The van der Waals surface area contributed by atoms with E-state index >= 15 is 0 Å². The van der Waals surface area contributed by atoms with Gasteiger partial charge in [0.1, 0.15) is 5.75 Å². The van der Waals surface area contributed by atoms with E-state index in [-0.39, 0.29) is 5.91 Å². The quantitative estimate of drug-likeness (QED) is 0.831. The average molecular weight is 296 g/mol. The molecule has 0 saturated heterocycles. The third-order valence-electron chi connectivity index (χ3n) is 2.96. The Morgan fingerprint density at radius 3 is 2.50 bits per heavy atom. The Balaban J connectivity index is 2.01. The molecule has 2 aromatic rings. The second-order valence-electron chi connectivity index (χ2n) is 4.54. The second kappa shape index (κ2) is 7.08. The first-order valence-electron chi connectivity index (χ1n) is 6.61. The average Bonchev–Trinajstić information content (AvgIpc) is 2.53. The molecule has 5 heteroatoms. The van der Waals surface area contributed by atoms with Gasteiger partial charge in [0.2, 0.25) is 11.8 Å². The van der Waals surface area contributed by atoms with Crippen LogP contribution in [0.3, 0.4) is 0 Å². The number of carbonyl (C=O) groups is 2. The lowest BCUT2D eigenvalue weighted by atomic mass is 10.2. The molecule has 0 saturated carbocycles. The maximum Gasteiger partial charge on any atom is 0.248 e. The van der Waals surface area contributed by atoms with Crippen LogP contribution in [-0.2, 0) is 4.79 Å². The number of ether oxygens (including phenoxy) is 1. The van der Waals surface area contributed by atoms with Crippen molar-refractivity contribution < 1.29 is 14.3 Å². The van der Waals surface area contributed by atoms with Crippen molar-refractivity contribution in [3.05, 3.63) is 65.7 Å². The van der Waals surface area contributed by atoms with Gasteiger partial charge < -0.3 is 15.8 Å². The van der Waals surface area contributed by atoms with Crippen molar-refractivity contribution in [2.75, 3.05) is 12.4 Å². The van der Waals surface area contributed by atoms with E-state index in [9.17, 15) is 9.59 Å². The van der Waals surface area contributed by atoms with Crippen LogP contribution in [0.1, 0.15) is 15.9 Å². The lowest BCUT2D eigenvalue weighted by Gasteiger charge is -2.03. The summed E-state index contributed by atoms with van der Waals surface area (Å²) in [5.41, 5.74) is 6.93. The number of primary amides is 1. The summed E-state index contributed by atoms with van der Waals surface area (Å²) in [6.07, 6.45) is 3.10. The molecule has 0 bridgehead atoms. The van der Waals surface area contributed by atoms with Crippen molar-refractivity contribution in [3.63, 3.8) is 0 Å². The SMILES string of the molecule is COc1ccc(/C=C/C(=O)Nc2cccc(C(N)=O)c2)cc1. The zero-order chi connectivity index (χ0) is 15.9. The molecule has 0 aliphatic rings. The first-order valence-corrected chi connectivity index (χ1v) is 6.61. The van der Waals surface area contributed by atoms with Gasteiger partial charge in [0, 0.05) is 17.3 Å². The van der Waals surface area contributed by atoms with E-state index in [1.165, 1.54) is 12.1 Å². The minimum absolute atomic E-state index is 0.294. The minimum Gasteiger partial charge on any atom is -0.497 e. The molecular formula is C17H16N2O3. The number of amides is 2. The fourth-order valence-corrected chi connectivity index (χ4v) is 1.82. The summed E-state index contributed by atoms with van der Waals surface area (Å²) in [7, 11) is 1.60. The van der Waals surface area contributed by atoms with Gasteiger partial charge in [-0.25, -0.2) is 0 Å². The molecule has 0 radical (unpaired) electrons. The highest BCUT2D eigenvalue weighted by atomic mass is 16.5. The number of nitrogens with one attached hydrogen (secondary N) is 1. The predicted molar refractivity (Wildman–Crippen MR) is 85.6 cm³/mol. The van der Waals surface area contributed by atoms with Crippen LogP contribution < -0.4 is 15.8 Å². The van der Waals surface area contributed by atoms with Crippen LogP contribution in [0.2, 0.25) is 0 Å². The van der Waals surface area contributed by atoms with Gasteiger partial charge in [-0.1, -0.05) is 18.2 Å². The highest BCUT2D eigenvalue weighted by molar-refractivity contribution is 6.03. The van der Waals surface area contributed by atoms with Crippen molar-refractivity contribution in [1.29, 1.82) is 0 Å². The van der Waals surface area contributed by atoms with Gasteiger partial charge in [0.05, 0.1) is 7.11 Å². The molecule has 0 aliphatic heterocycles. The lowest BCUT2D eigenvalue weighted by molar-refractivity contribution is -0.111. The Morgan fingerprint density at radius 1 is 1.14 bits per heavy atom. The van der Waals surface area contributed by atoms with E-state index in [0.717, 1.165) is 11.3 Å². The Morgan fingerprint density at radius 2 is 1.86 bits per heavy atom. The summed E-state index contributed by atoms with van der Waals surface area (Å²) in [6, 6.07) is 13.8. The standard InChI is InChI=1S/C17H16N2O3/c1-22-15-8-5-12(6-9-15)7-10-16(20)19-14-4-2-3-13(11-14)17(18)21/h2-11H,1H3,(H2,18,21)(H,19,20)/b10-7+. The molecule has 2 aromatic carbocycles. The molecule has 0 aromatic heterocycles. The maximum absolute atomic E-state index is 11.9. The number of nitrogens with two attached hydrogens (primary N) is 1. The molecule has 0 atom stereocenters. The van der Waals surface area contributed by atoms with Gasteiger partial charge in [-0.3, -0.25) is 9.59 Å². The van der Waals surface area contributed by atoms with Crippen LogP contribution in [0.15, 0.2) is 54.6 Å². The van der Waals surface area contributed by atoms with Crippen LogP contribution in [0.25, 0.3) is 6.08 Å². The van der Waals surface area contributed by atoms with Gasteiger partial charge in [0.15, 0.2) is 0 Å². The highest BCUT2D eigenvalue weighted by Crippen LogP contribution is 2.13. The monoisotopic (exact) mass is 296 g/mol. The Bertz CT molecular complexity index is 706. The van der Waals surface area contributed by atoms with Crippen molar-refractivity contribution in [3.8, 4) is 5.75 Å². The summed E-state index contributed by atoms with van der Waals surface area (Å²) >= 11 is 0. The normalized spacial score (nSPS) is 10.4. The molecule has 0 heterocycles. The number of carbonyl (C=O) groups excluding carboxylic acids is 2. The third-order valence-corrected chi connectivity index (χ3v) is 2.96. The molecular weight excluding hydrogens is 280 g/mol. The topological polar surface area (TPSA) is 81.4 Å². The molecule has 0 unspecified atom stereocenters. The number of hydrogen-bond acceptors (Lipinski definition) is 3. The smallest absolute Gasteiger partial charge is 0.248 e. The van der Waals surface area contributed by atoms with Crippen LogP contribution in [0.4, 0.5) is 5.69 Å². The van der Waals surface area contributed by atoms with Gasteiger partial charge in [-0.2, -0.15) is 0 Å². The fraction of sp³-hybridized carbons (Fsp3) is 0.0588. The van der Waals surface area contributed by atoms with E-state index < -0.39 is 5.91 Å². The van der Waals surface area contributed by atoms with E-state index in [1.807, 2.05) is 24.3 Å². The molecule has 0 fully saturated rings. The van der Waals surface area contributed by atoms with Crippen molar-refractivity contribution in [2.24, 2.45) is 5.73 Å². The molecule has 3 N–H and O–H groups in total. The maximum atomic E-state index is 11.9. The molecule has 112 valence electrons. The first-order chi connectivity index (χ1) is 10.6. The zero-order valence-electron chi connectivity index (χ0n) is 12.1. The molecule has 0 spiro atoms. The van der Waals surface area contributed by atoms with E-state index in [2.05, 4.69) is 5.32 Å². The second-order valence-corrected chi connectivity index (χ2v) is 4.54. The summed E-state index contributed by atoms with van der Waals surface area (Å²) in [6.45, 7) is 0. The number of anilines is 1. The molecule has 2 rings (SSSR count). The molecule has 22 heavy (non-hydrogen) atoms.